The average Bonchev–Trinajstić information content (AvgIpc) is 2.97. The predicted molar refractivity (Wildman–Crippen MR) is 162 cm³/mol. The molecule has 1 saturated carbocycles. The summed E-state index contributed by atoms with van der Waals surface area (Å²) in [5.41, 5.74) is 4.39. The lowest BCUT2D eigenvalue weighted by molar-refractivity contribution is -0.138. The van der Waals surface area contributed by atoms with E-state index in [1.165, 1.54) is 7.11 Å². The molecule has 10 nitrogen and oxygen atoms in total. The van der Waals surface area contributed by atoms with Crippen LogP contribution in [0, 0.1) is 0 Å². The van der Waals surface area contributed by atoms with Gasteiger partial charge in [0.05, 0.1) is 31.0 Å². The van der Waals surface area contributed by atoms with Crippen LogP contribution in [-0.4, -0.2) is 55.6 Å². The first-order valence-electron chi connectivity index (χ1n) is 13.8. The van der Waals surface area contributed by atoms with Gasteiger partial charge in [0, 0.05) is 33.9 Å². The van der Waals surface area contributed by atoms with Crippen molar-refractivity contribution >= 4 is 45.0 Å². The maximum absolute atomic E-state index is 14.4. The zero-order chi connectivity index (χ0) is 30.7. The van der Waals surface area contributed by atoms with Crippen LogP contribution in [0.1, 0.15) is 64.8 Å². The lowest BCUT2D eigenvalue weighted by Crippen LogP contribution is -2.59. The lowest BCUT2D eigenvalue weighted by Gasteiger charge is -2.49. The number of hydroxylamine groups is 1. The van der Waals surface area contributed by atoms with E-state index in [9.17, 15) is 18.0 Å². The van der Waals surface area contributed by atoms with Gasteiger partial charge in [0.15, 0.2) is 0 Å². The molecule has 1 aromatic heterocycles. The van der Waals surface area contributed by atoms with Gasteiger partial charge < -0.3 is 9.64 Å². The Kier molecular flexibility index (Phi) is 9.57. The van der Waals surface area contributed by atoms with E-state index < -0.39 is 40.0 Å². The van der Waals surface area contributed by atoms with E-state index in [4.69, 9.17) is 32.8 Å². The lowest BCUT2D eigenvalue weighted by atomic mass is 9.76. The van der Waals surface area contributed by atoms with E-state index in [0.29, 0.717) is 46.0 Å². The largest absolute Gasteiger partial charge is 0.497 e. The highest BCUT2D eigenvalue weighted by molar-refractivity contribution is 7.88. The van der Waals surface area contributed by atoms with Crippen LogP contribution < -0.4 is 14.9 Å². The van der Waals surface area contributed by atoms with Crippen molar-refractivity contribution in [2.24, 2.45) is 0 Å². The number of benzene rings is 2. The van der Waals surface area contributed by atoms with Crippen LogP contribution >= 0.6 is 23.2 Å². The smallest absolute Gasteiger partial charge is 0.255 e. The Bertz CT molecular complexity index is 1610. The van der Waals surface area contributed by atoms with Crippen molar-refractivity contribution in [3.63, 3.8) is 0 Å². The fourth-order valence-corrected chi connectivity index (χ4v) is 7.36. The van der Waals surface area contributed by atoms with Gasteiger partial charge in [0.25, 0.3) is 11.8 Å². The van der Waals surface area contributed by atoms with Crippen molar-refractivity contribution in [2.45, 2.75) is 56.3 Å². The van der Waals surface area contributed by atoms with Crippen molar-refractivity contribution in [3.8, 4) is 5.75 Å². The van der Waals surface area contributed by atoms with Gasteiger partial charge >= 0.3 is 0 Å². The van der Waals surface area contributed by atoms with Crippen LogP contribution in [0.5, 0.6) is 5.75 Å². The fourth-order valence-electron chi connectivity index (χ4n) is 6.01. The maximum Gasteiger partial charge on any atom is 0.255 e. The topological polar surface area (TPSA) is 127 Å². The third kappa shape index (κ3) is 6.97. The van der Waals surface area contributed by atoms with E-state index in [-0.39, 0.29) is 17.5 Å². The van der Waals surface area contributed by atoms with E-state index in [1.807, 2.05) is 6.07 Å². The average molecular weight is 648 g/mol. The summed E-state index contributed by atoms with van der Waals surface area (Å²) < 4.78 is 33.0. The van der Waals surface area contributed by atoms with Gasteiger partial charge in [-0.25, -0.2) is 18.6 Å². The van der Waals surface area contributed by atoms with Crippen molar-refractivity contribution in [3.05, 3.63) is 93.2 Å². The summed E-state index contributed by atoms with van der Waals surface area (Å²) >= 11 is 13.0. The summed E-state index contributed by atoms with van der Waals surface area (Å²) in [6, 6.07) is 13.1. The molecule has 0 unspecified atom stereocenters. The number of aromatic nitrogens is 1. The highest BCUT2D eigenvalue weighted by Crippen LogP contribution is 2.48. The van der Waals surface area contributed by atoms with Gasteiger partial charge in [-0.2, -0.15) is 0 Å². The number of nitrogens with one attached hydrogen (secondary N) is 2. The standard InChI is InChI=1S/C30H32Cl2N4O6S/c1-41-20-11-13-21-23(16-20)27(29(37)34-42-17-19-7-5-6-14-33-19)28(22-12-10-18(31)15-24(22)32)36(30(21)38)26-9-4-3-8-25(26)35-43(2,39)40/h5-7,10-16,25-28,35H,3-4,8-9,17H2,1-2H3,(H,34,37)/t25-,26-,27+,28-/m0/s1. The Hall–Kier alpha value is -3.22. The number of nitrogens with zero attached hydrogens (tertiary/aromatic N) is 2. The molecule has 43 heavy (non-hydrogen) atoms. The Balaban J connectivity index is 1.64. The number of hydrogen-bond acceptors (Lipinski definition) is 7. The summed E-state index contributed by atoms with van der Waals surface area (Å²) in [5, 5.41) is 0.649. The zero-order valence-corrected chi connectivity index (χ0v) is 26.0. The van der Waals surface area contributed by atoms with Crippen LogP contribution in [-0.2, 0) is 26.3 Å². The summed E-state index contributed by atoms with van der Waals surface area (Å²) in [6.07, 6.45) is 5.34. The SMILES string of the molecule is COc1ccc2c(c1)[C@@H](C(=O)NOCc1ccccn1)[C@H](c1ccc(Cl)cc1Cl)N([C@H]1CCCC[C@@H]1NS(C)(=O)=O)C2=O. The minimum Gasteiger partial charge on any atom is -0.497 e. The minimum atomic E-state index is -3.60. The fraction of sp³-hybridized carbons (Fsp3) is 0.367. The third-order valence-electron chi connectivity index (χ3n) is 7.81. The number of methoxy groups -OCH3 is 1. The molecule has 1 fully saturated rings. The molecule has 4 atom stereocenters. The first kappa shape index (κ1) is 31.2. The molecule has 2 heterocycles. The molecule has 2 N–H and O–H groups in total. The Morgan fingerprint density at radius 2 is 1.86 bits per heavy atom. The van der Waals surface area contributed by atoms with Crippen molar-refractivity contribution in [1.82, 2.24) is 20.1 Å². The van der Waals surface area contributed by atoms with Gasteiger partial charge in [-0.1, -0.05) is 48.2 Å². The highest BCUT2D eigenvalue weighted by atomic mass is 35.5. The van der Waals surface area contributed by atoms with Crippen molar-refractivity contribution in [2.75, 3.05) is 13.4 Å². The van der Waals surface area contributed by atoms with E-state index in [2.05, 4.69) is 15.2 Å². The monoisotopic (exact) mass is 646 g/mol. The molecular weight excluding hydrogens is 615 g/mol. The second-order valence-electron chi connectivity index (χ2n) is 10.7. The van der Waals surface area contributed by atoms with Gasteiger partial charge in [-0.15, -0.1) is 0 Å². The molecule has 2 amide bonds. The maximum atomic E-state index is 14.4. The van der Waals surface area contributed by atoms with Crippen LogP contribution in [0.4, 0.5) is 0 Å². The van der Waals surface area contributed by atoms with Gasteiger partial charge in [0.1, 0.15) is 12.4 Å². The molecule has 0 radical (unpaired) electrons. The molecule has 3 aromatic rings. The second-order valence-corrected chi connectivity index (χ2v) is 13.3. The molecule has 0 saturated heterocycles. The third-order valence-corrected chi connectivity index (χ3v) is 9.10. The Morgan fingerprint density at radius 3 is 2.56 bits per heavy atom. The predicted octanol–water partition coefficient (Wildman–Crippen LogP) is 4.79. The molecule has 2 aliphatic rings. The van der Waals surface area contributed by atoms with Crippen LogP contribution in [0.2, 0.25) is 10.0 Å². The zero-order valence-electron chi connectivity index (χ0n) is 23.6. The first-order chi connectivity index (χ1) is 20.6. The Labute approximate surface area is 260 Å². The number of carbonyl (C=O) groups excluding carboxylic acids is 2. The number of rotatable bonds is 9. The molecule has 5 rings (SSSR count). The van der Waals surface area contributed by atoms with Crippen LogP contribution in [0.3, 0.4) is 0 Å². The molecule has 0 spiro atoms. The number of hydrogen-bond donors (Lipinski definition) is 2. The summed E-state index contributed by atoms with van der Waals surface area (Å²) in [6.45, 7) is 0.0161. The van der Waals surface area contributed by atoms with E-state index in [1.54, 1.807) is 59.6 Å². The molecule has 2 aromatic carbocycles. The Morgan fingerprint density at radius 1 is 1.07 bits per heavy atom. The number of pyridine rings is 1. The van der Waals surface area contributed by atoms with Crippen LogP contribution in [0.25, 0.3) is 0 Å². The number of fused-ring (bicyclic) bond motifs is 1. The molecule has 228 valence electrons. The normalized spacial score (nSPS) is 22.1. The van der Waals surface area contributed by atoms with Gasteiger partial charge in [-0.05, 0) is 66.4 Å². The molecule has 1 aliphatic heterocycles. The molecule has 1 aliphatic carbocycles. The molecule has 13 heteroatoms. The summed E-state index contributed by atoms with van der Waals surface area (Å²) in [4.78, 5) is 40.0. The van der Waals surface area contributed by atoms with E-state index >= 15 is 0 Å². The molecule has 0 bridgehead atoms. The highest BCUT2D eigenvalue weighted by Gasteiger charge is 2.49. The van der Waals surface area contributed by atoms with E-state index in [0.717, 1.165) is 19.1 Å². The number of sulfonamides is 1. The number of ether oxygens (including phenoxy) is 1. The number of halogens is 2. The van der Waals surface area contributed by atoms with Gasteiger partial charge in [0.2, 0.25) is 10.0 Å². The van der Waals surface area contributed by atoms with Crippen molar-refractivity contribution < 1.29 is 27.6 Å². The minimum absolute atomic E-state index is 0.0161. The van der Waals surface area contributed by atoms with Crippen LogP contribution in [0.15, 0.2) is 60.8 Å². The quantitative estimate of drug-likeness (QED) is 0.320. The van der Waals surface area contributed by atoms with Gasteiger partial charge in [-0.3, -0.25) is 19.4 Å². The van der Waals surface area contributed by atoms with Crippen molar-refractivity contribution in [1.29, 1.82) is 0 Å². The summed E-state index contributed by atoms with van der Waals surface area (Å²) in [7, 11) is -2.10. The number of carbonyl (C=O) groups is 2. The summed E-state index contributed by atoms with van der Waals surface area (Å²) in [5.74, 6) is -1.42. The molecular formula is C30H32Cl2N4O6S. The number of amides is 2. The first-order valence-corrected chi connectivity index (χ1v) is 16.5. The second kappa shape index (κ2) is 13.2.